The fourth-order valence-corrected chi connectivity index (χ4v) is 3.01. The third kappa shape index (κ3) is 7.60. The summed E-state index contributed by atoms with van der Waals surface area (Å²) in [5.74, 6) is -0.862. The van der Waals surface area contributed by atoms with Gasteiger partial charge in [-0.2, -0.15) is 0 Å². The first kappa shape index (κ1) is 23.7. The van der Waals surface area contributed by atoms with Crippen LogP contribution in [0.1, 0.15) is 23.7 Å². The second-order valence-corrected chi connectivity index (χ2v) is 7.33. The first-order valence-corrected chi connectivity index (χ1v) is 10.5. The number of ether oxygens (including phenoxy) is 2. The number of carbonyl (C=O) groups is 2. The molecule has 1 heterocycles. The number of hydrogen-bond donors (Lipinski definition) is 1. The first-order chi connectivity index (χ1) is 15.9. The first-order valence-electron chi connectivity index (χ1n) is 10.5. The number of nitrogens with zero attached hydrogens (tertiary/aromatic N) is 2. The van der Waals surface area contributed by atoms with Crippen LogP contribution in [0.4, 0.5) is 9.18 Å². The number of carboxylic acids is 1. The fraction of sp³-hybridized carbons (Fsp3) is 0.240. The Morgan fingerprint density at radius 1 is 0.970 bits per heavy atom. The zero-order valence-corrected chi connectivity index (χ0v) is 18.2. The molecule has 33 heavy (non-hydrogen) atoms. The van der Waals surface area contributed by atoms with Crippen LogP contribution in [0, 0.1) is 5.82 Å². The van der Waals surface area contributed by atoms with E-state index in [1.54, 1.807) is 24.3 Å². The van der Waals surface area contributed by atoms with E-state index in [0.717, 1.165) is 29.1 Å². The molecule has 3 rings (SSSR count). The molecule has 0 spiro atoms. The van der Waals surface area contributed by atoms with Crippen LogP contribution >= 0.6 is 0 Å². The highest BCUT2D eigenvalue weighted by Gasteiger charge is 2.19. The molecule has 1 amide bonds. The maximum absolute atomic E-state index is 13.0. The van der Waals surface area contributed by atoms with Crippen molar-refractivity contribution >= 4 is 12.1 Å². The Kier molecular flexibility index (Phi) is 8.35. The molecule has 7 nitrogen and oxygen atoms in total. The van der Waals surface area contributed by atoms with E-state index in [4.69, 9.17) is 14.6 Å². The van der Waals surface area contributed by atoms with Gasteiger partial charge in [-0.15, -0.1) is 0 Å². The Bertz CT molecular complexity index is 1050. The van der Waals surface area contributed by atoms with Gasteiger partial charge in [0.2, 0.25) is 0 Å². The SMILES string of the molecule is CCc1ccc(CCOc2ccc(CN(CC(=O)O)C(=O)Oc3ccc(F)cc3)cc2)nc1. The molecule has 0 aliphatic rings. The second-order valence-electron chi connectivity index (χ2n) is 7.33. The van der Waals surface area contributed by atoms with Crippen molar-refractivity contribution in [2.75, 3.05) is 13.2 Å². The molecule has 1 N–H and O–H groups in total. The van der Waals surface area contributed by atoms with Gasteiger partial charge in [0, 0.05) is 24.9 Å². The van der Waals surface area contributed by atoms with Crippen LogP contribution in [0.3, 0.4) is 0 Å². The molecule has 0 radical (unpaired) electrons. The Morgan fingerprint density at radius 2 is 1.64 bits per heavy atom. The average Bonchev–Trinajstić information content (AvgIpc) is 2.81. The number of hydrogen-bond acceptors (Lipinski definition) is 5. The van der Waals surface area contributed by atoms with Crippen molar-refractivity contribution in [3.8, 4) is 11.5 Å². The number of rotatable bonds is 10. The van der Waals surface area contributed by atoms with Crippen LogP contribution in [-0.4, -0.2) is 40.2 Å². The van der Waals surface area contributed by atoms with E-state index < -0.39 is 24.4 Å². The molecule has 0 aliphatic heterocycles. The van der Waals surface area contributed by atoms with E-state index >= 15 is 0 Å². The highest BCUT2D eigenvalue weighted by molar-refractivity contribution is 5.78. The summed E-state index contributed by atoms with van der Waals surface area (Å²) in [6, 6.07) is 16.0. The number of aryl methyl sites for hydroxylation is 1. The summed E-state index contributed by atoms with van der Waals surface area (Å²) >= 11 is 0. The van der Waals surface area contributed by atoms with E-state index in [-0.39, 0.29) is 12.3 Å². The van der Waals surface area contributed by atoms with Crippen LogP contribution < -0.4 is 9.47 Å². The summed E-state index contributed by atoms with van der Waals surface area (Å²) < 4.78 is 23.9. The molecule has 0 atom stereocenters. The monoisotopic (exact) mass is 452 g/mol. The topological polar surface area (TPSA) is 89.0 Å². The molecule has 8 heteroatoms. The molecule has 172 valence electrons. The van der Waals surface area contributed by atoms with Crippen LogP contribution in [0.2, 0.25) is 0 Å². The molecule has 0 aliphatic carbocycles. The standard InChI is InChI=1S/C25H25FN2O5/c1-2-18-3-8-21(27-15-18)13-14-32-22-9-4-19(5-10-22)16-28(17-24(29)30)25(31)33-23-11-6-20(26)7-12-23/h3-12,15H,2,13-14,16-17H2,1H3,(H,29,30). The predicted octanol–water partition coefficient (Wildman–Crippen LogP) is 4.49. The number of aromatic nitrogens is 1. The molecule has 0 saturated carbocycles. The highest BCUT2D eigenvalue weighted by atomic mass is 19.1. The number of aliphatic carboxylic acids is 1. The molecule has 3 aromatic rings. The van der Waals surface area contributed by atoms with Gasteiger partial charge in [-0.25, -0.2) is 9.18 Å². The van der Waals surface area contributed by atoms with Gasteiger partial charge in [0.1, 0.15) is 23.9 Å². The van der Waals surface area contributed by atoms with Crippen molar-refractivity contribution in [2.24, 2.45) is 0 Å². The third-order valence-electron chi connectivity index (χ3n) is 4.82. The van der Waals surface area contributed by atoms with Gasteiger partial charge in [0.25, 0.3) is 0 Å². The van der Waals surface area contributed by atoms with Crippen molar-refractivity contribution in [1.29, 1.82) is 0 Å². The number of carboxylic acid groups (broad SMARTS) is 1. The summed E-state index contributed by atoms with van der Waals surface area (Å²) in [6.45, 7) is 2.04. The van der Waals surface area contributed by atoms with Gasteiger partial charge >= 0.3 is 12.1 Å². The van der Waals surface area contributed by atoms with Gasteiger partial charge in [-0.1, -0.05) is 25.1 Å². The fourth-order valence-electron chi connectivity index (χ4n) is 3.01. The van der Waals surface area contributed by atoms with E-state index in [2.05, 4.69) is 18.0 Å². The minimum Gasteiger partial charge on any atom is -0.493 e. The van der Waals surface area contributed by atoms with Crippen LogP contribution in [0.15, 0.2) is 66.9 Å². The van der Waals surface area contributed by atoms with Crippen molar-refractivity contribution in [3.05, 3.63) is 89.5 Å². The number of amides is 1. The summed E-state index contributed by atoms with van der Waals surface area (Å²) in [4.78, 5) is 29.1. The molecule has 0 saturated heterocycles. The maximum atomic E-state index is 13.0. The van der Waals surface area contributed by atoms with Gasteiger partial charge in [-0.3, -0.25) is 14.7 Å². The summed E-state index contributed by atoms with van der Waals surface area (Å²) in [7, 11) is 0. The van der Waals surface area contributed by atoms with Gasteiger partial charge in [0.05, 0.1) is 6.61 Å². The Balaban J connectivity index is 1.54. The lowest BCUT2D eigenvalue weighted by molar-refractivity contribution is -0.138. The van der Waals surface area contributed by atoms with E-state index in [1.807, 2.05) is 12.3 Å². The van der Waals surface area contributed by atoms with Gasteiger partial charge in [-0.05, 0) is 60.0 Å². The van der Waals surface area contributed by atoms with Crippen LogP contribution in [0.5, 0.6) is 11.5 Å². The smallest absolute Gasteiger partial charge is 0.416 e. The lowest BCUT2D eigenvalue weighted by Crippen LogP contribution is -2.37. The van der Waals surface area contributed by atoms with Crippen molar-refractivity contribution in [2.45, 2.75) is 26.3 Å². The largest absolute Gasteiger partial charge is 0.493 e. The second kappa shape index (κ2) is 11.6. The van der Waals surface area contributed by atoms with Crippen LogP contribution in [0.25, 0.3) is 0 Å². The van der Waals surface area contributed by atoms with Crippen molar-refractivity contribution < 1.29 is 28.6 Å². The molecule has 0 bridgehead atoms. The number of carbonyl (C=O) groups excluding carboxylic acids is 1. The third-order valence-corrected chi connectivity index (χ3v) is 4.82. The zero-order valence-electron chi connectivity index (χ0n) is 18.2. The Morgan fingerprint density at radius 3 is 2.24 bits per heavy atom. The summed E-state index contributed by atoms with van der Waals surface area (Å²) in [6.07, 6.45) is 2.65. The minimum absolute atomic E-state index is 0.0281. The lowest BCUT2D eigenvalue weighted by atomic mass is 10.2. The average molecular weight is 452 g/mol. The van der Waals surface area contributed by atoms with Gasteiger partial charge < -0.3 is 14.6 Å². The molecule has 0 unspecified atom stereocenters. The summed E-state index contributed by atoms with van der Waals surface area (Å²) in [5.41, 5.74) is 2.85. The predicted molar refractivity (Wildman–Crippen MR) is 120 cm³/mol. The molecule has 1 aromatic heterocycles. The normalized spacial score (nSPS) is 10.5. The van der Waals surface area contributed by atoms with Crippen LogP contribution in [-0.2, 0) is 24.2 Å². The van der Waals surface area contributed by atoms with Crippen molar-refractivity contribution in [3.63, 3.8) is 0 Å². The van der Waals surface area contributed by atoms with Gasteiger partial charge in [0.15, 0.2) is 0 Å². The number of benzene rings is 2. The van der Waals surface area contributed by atoms with Crippen molar-refractivity contribution in [1.82, 2.24) is 9.88 Å². The Hall–Kier alpha value is -3.94. The number of halogens is 1. The zero-order chi connectivity index (χ0) is 23.6. The Labute approximate surface area is 191 Å². The minimum atomic E-state index is -1.17. The van der Waals surface area contributed by atoms with E-state index in [0.29, 0.717) is 24.3 Å². The van der Waals surface area contributed by atoms with E-state index in [9.17, 15) is 14.0 Å². The molecule has 0 fully saturated rings. The summed E-state index contributed by atoms with van der Waals surface area (Å²) in [5, 5.41) is 9.15. The molecular formula is C25H25FN2O5. The number of pyridine rings is 1. The molecule has 2 aromatic carbocycles. The maximum Gasteiger partial charge on any atom is 0.416 e. The van der Waals surface area contributed by atoms with E-state index in [1.165, 1.54) is 17.7 Å². The lowest BCUT2D eigenvalue weighted by Gasteiger charge is -2.20. The molecular weight excluding hydrogens is 427 g/mol. The highest BCUT2D eigenvalue weighted by Crippen LogP contribution is 2.17. The quantitative estimate of drug-likeness (QED) is 0.488.